The van der Waals surface area contributed by atoms with Gasteiger partial charge in [0.1, 0.15) is 4.90 Å². The van der Waals surface area contributed by atoms with Gasteiger partial charge in [-0.3, -0.25) is 0 Å². The smallest absolute Gasteiger partial charge is 0.242 e. The number of aliphatic hydroxyl groups excluding tert-OH is 1. The van der Waals surface area contributed by atoms with Crippen LogP contribution in [-0.2, 0) is 10.0 Å². The Morgan fingerprint density at radius 1 is 1.40 bits per heavy atom. The molecule has 2 aromatic rings. The van der Waals surface area contributed by atoms with E-state index < -0.39 is 16.1 Å². The van der Waals surface area contributed by atoms with Gasteiger partial charge in [0.25, 0.3) is 0 Å². The van der Waals surface area contributed by atoms with E-state index in [1.807, 2.05) is 5.38 Å². The molecule has 5 nitrogen and oxygen atoms in total. The normalized spacial score (nSPS) is 13.3. The molecule has 0 aliphatic rings. The van der Waals surface area contributed by atoms with Crippen molar-refractivity contribution < 1.29 is 13.5 Å². The van der Waals surface area contributed by atoms with Crippen molar-refractivity contribution in [2.45, 2.75) is 11.0 Å². The van der Waals surface area contributed by atoms with Crippen molar-refractivity contribution in [3.05, 3.63) is 45.6 Å². The van der Waals surface area contributed by atoms with Gasteiger partial charge in [-0.25, -0.2) is 13.1 Å². The van der Waals surface area contributed by atoms with Gasteiger partial charge in [-0.05, 0) is 40.6 Å². The van der Waals surface area contributed by atoms with E-state index in [-0.39, 0.29) is 16.5 Å². The molecule has 0 saturated heterocycles. The fourth-order valence-corrected chi connectivity index (χ4v) is 3.85. The van der Waals surface area contributed by atoms with E-state index in [1.54, 1.807) is 11.4 Å². The molecule has 0 aliphatic carbocycles. The molecule has 108 valence electrons. The number of aliphatic hydroxyl groups is 1. The number of nitrogens with one attached hydrogen (secondary N) is 1. The number of thiophene rings is 1. The molecule has 1 aromatic carbocycles. The summed E-state index contributed by atoms with van der Waals surface area (Å²) in [6, 6.07) is 5.95. The highest BCUT2D eigenvalue weighted by Gasteiger charge is 2.20. The molecule has 8 heteroatoms. The summed E-state index contributed by atoms with van der Waals surface area (Å²) in [5.74, 6) is 0. The maximum Gasteiger partial charge on any atom is 0.242 e. The quantitative estimate of drug-likeness (QED) is 0.730. The van der Waals surface area contributed by atoms with Gasteiger partial charge in [-0.15, -0.1) is 0 Å². The van der Waals surface area contributed by atoms with Crippen molar-refractivity contribution in [1.29, 1.82) is 0 Å². The van der Waals surface area contributed by atoms with E-state index in [0.29, 0.717) is 11.3 Å². The second-order valence-electron chi connectivity index (χ2n) is 4.11. The third-order valence-electron chi connectivity index (χ3n) is 2.64. The van der Waals surface area contributed by atoms with Gasteiger partial charge in [0.2, 0.25) is 10.0 Å². The van der Waals surface area contributed by atoms with Crippen LogP contribution in [0.4, 0.5) is 5.69 Å². The zero-order valence-corrected chi connectivity index (χ0v) is 12.7. The van der Waals surface area contributed by atoms with Crippen LogP contribution < -0.4 is 10.5 Å². The van der Waals surface area contributed by atoms with E-state index in [1.165, 1.54) is 29.5 Å². The van der Waals surface area contributed by atoms with Gasteiger partial charge in [-0.2, -0.15) is 11.3 Å². The van der Waals surface area contributed by atoms with E-state index >= 15 is 0 Å². The summed E-state index contributed by atoms with van der Waals surface area (Å²) in [7, 11) is -3.82. The lowest BCUT2D eigenvalue weighted by Crippen LogP contribution is -2.28. The fourth-order valence-electron chi connectivity index (χ4n) is 1.57. The molecule has 1 aromatic heterocycles. The molecule has 0 radical (unpaired) electrons. The first-order valence-corrected chi connectivity index (χ1v) is 8.45. The minimum Gasteiger partial charge on any atom is -0.399 e. The number of halogens is 1. The maximum absolute atomic E-state index is 12.1. The molecule has 1 heterocycles. The predicted octanol–water partition coefficient (Wildman–Crippen LogP) is 2.00. The topological polar surface area (TPSA) is 92.4 Å². The van der Waals surface area contributed by atoms with Crippen molar-refractivity contribution in [3.8, 4) is 0 Å². The molecule has 0 bridgehead atoms. The number of benzene rings is 1. The minimum absolute atomic E-state index is 0.0803. The fraction of sp³-hybridized carbons (Fsp3) is 0.167. The van der Waals surface area contributed by atoms with E-state index in [2.05, 4.69) is 4.72 Å². The third kappa shape index (κ3) is 3.50. The number of nitrogens with two attached hydrogens (primary N) is 1. The lowest BCUT2D eigenvalue weighted by molar-refractivity contribution is 0.182. The Bertz CT molecular complexity index is 687. The molecule has 2 rings (SSSR count). The van der Waals surface area contributed by atoms with Gasteiger partial charge in [-0.1, -0.05) is 11.6 Å². The van der Waals surface area contributed by atoms with Crippen molar-refractivity contribution in [3.63, 3.8) is 0 Å². The highest BCUT2D eigenvalue weighted by Crippen LogP contribution is 2.24. The Hall–Kier alpha value is -1.12. The average Bonchev–Trinajstić information content (AvgIpc) is 2.93. The molecule has 0 spiro atoms. The SMILES string of the molecule is Nc1ccc(Cl)c(S(=O)(=O)NCC(O)c2ccsc2)c1. The second kappa shape index (κ2) is 6.11. The van der Waals surface area contributed by atoms with Crippen LogP contribution in [0.3, 0.4) is 0 Å². The summed E-state index contributed by atoms with van der Waals surface area (Å²) in [4.78, 5) is -0.100. The first kappa shape index (κ1) is 15.3. The first-order valence-electron chi connectivity index (χ1n) is 5.65. The summed E-state index contributed by atoms with van der Waals surface area (Å²) < 4.78 is 26.6. The minimum atomic E-state index is -3.82. The molecular weight excluding hydrogens is 320 g/mol. The van der Waals surface area contributed by atoms with Crippen LogP contribution in [0.25, 0.3) is 0 Å². The van der Waals surface area contributed by atoms with Crippen LogP contribution in [0.5, 0.6) is 0 Å². The number of hydrogen-bond acceptors (Lipinski definition) is 5. The number of hydrogen-bond donors (Lipinski definition) is 3. The summed E-state index contributed by atoms with van der Waals surface area (Å²) in [5, 5.41) is 13.5. The van der Waals surface area contributed by atoms with Gasteiger partial charge in [0.15, 0.2) is 0 Å². The van der Waals surface area contributed by atoms with Crippen molar-refractivity contribution >= 4 is 38.6 Å². The number of sulfonamides is 1. The summed E-state index contributed by atoms with van der Waals surface area (Å²) >= 11 is 7.29. The van der Waals surface area contributed by atoms with Gasteiger partial charge in [0.05, 0.1) is 11.1 Å². The molecule has 0 aliphatic heterocycles. The van der Waals surface area contributed by atoms with Crippen LogP contribution in [0.2, 0.25) is 5.02 Å². The van der Waals surface area contributed by atoms with Gasteiger partial charge in [0, 0.05) is 12.2 Å². The lowest BCUT2D eigenvalue weighted by atomic mass is 10.2. The van der Waals surface area contributed by atoms with Crippen LogP contribution in [0.15, 0.2) is 39.9 Å². The van der Waals surface area contributed by atoms with Crippen molar-refractivity contribution in [2.24, 2.45) is 0 Å². The molecule has 1 atom stereocenters. The maximum atomic E-state index is 12.1. The largest absolute Gasteiger partial charge is 0.399 e. The van der Waals surface area contributed by atoms with Crippen molar-refractivity contribution in [2.75, 3.05) is 12.3 Å². The highest BCUT2D eigenvalue weighted by atomic mass is 35.5. The average molecular weight is 333 g/mol. The van der Waals surface area contributed by atoms with Crippen LogP contribution in [0, 0.1) is 0 Å². The lowest BCUT2D eigenvalue weighted by Gasteiger charge is -2.12. The van der Waals surface area contributed by atoms with Gasteiger partial charge < -0.3 is 10.8 Å². The Morgan fingerprint density at radius 2 is 2.15 bits per heavy atom. The summed E-state index contributed by atoms with van der Waals surface area (Å²) in [6.07, 6.45) is -0.907. The molecular formula is C12H13ClN2O3S2. The molecule has 0 fully saturated rings. The zero-order valence-electron chi connectivity index (χ0n) is 10.3. The zero-order chi connectivity index (χ0) is 14.8. The molecule has 1 unspecified atom stereocenters. The van der Waals surface area contributed by atoms with E-state index in [4.69, 9.17) is 17.3 Å². The summed E-state index contributed by atoms with van der Waals surface area (Å²) in [6.45, 7) is -0.135. The van der Waals surface area contributed by atoms with Crippen molar-refractivity contribution in [1.82, 2.24) is 4.72 Å². The van der Waals surface area contributed by atoms with E-state index in [0.717, 1.165) is 0 Å². The highest BCUT2D eigenvalue weighted by molar-refractivity contribution is 7.89. The summed E-state index contributed by atoms with van der Waals surface area (Å²) in [5.41, 5.74) is 6.52. The Morgan fingerprint density at radius 3 is 2.80 bits per heavy atom. The van der Waals surface area contributed by atoms with Crippen LogP contribution in [-0.4, -0.2) is 20.1 Å². The predicted molar refractivity (Wildman–Crippen MR) is 80.3 cm³/mol. The standard InChI is InChI=1S/C12H13ClN2O3S2/c13-10-2-1-9(14)5-12(10)20(17,18)15-6-11(16)8-3-4-19-7-8/h1-5,7,11,15-16H,6,14H2. The first-order chi connectivity index (χ1) is 9.40. The molecule has 0 amide bonds. The van der Waals surface area contributed by atoms with E-state index in [9.17, 15) is 13.5 Å². The molecule has 0 saturated carbocycles. The van der Waals surface area contributed by atoms with Crippen LogP contribution >= 0.6 is 22.9 Å². The van der Waals surface area contributed by atoms with Crippen LogP contribution in [0.1, 0.15) is 11.7 Å². The molecule has 4 N–H and O–H groups in total. The Kier molecular flexibility index (Phi) is 4.66. The Labute approximate surface area is 126 Å². The monoisotopic (exact) mass is 332 g/mol. The third-order valence-corrected chi connectivity index (χ3v) is 5.25. The second-order valence-corrected chi connectivity index (χ2v) is 7.04. The number of rotatable bonds is 5. The Balaban J connectivity index is 2.13. The number of nitrogen functional groups attached to an aromatic ring is 1. The molecule has 20 heavy (non-hydrogen) atoms. The number of anilines is 1. The van der Waals surface area contributed by atoms with Gasteiger partial charge >= 0.3 is 0 Å².